The third-order valence-electron chi connectivity index (χ3n) is 13.4. The Kier molecular flexibility index (Phi) is 60.8. The Labute approximate surface area is 475 Å². The highest BCUT2D eigenvalue weighted by atomic mass is 16.6. The predicted molar refractivity (Wildman–Crippen MR) is 334 cm³/mol. The zero-order valence-corrected chi connectivity index (χ0v) is 50.2. The van der Waals surface area contributed by atoms with Crippen molar-refractivity contribution in [2.24, 2.45) is 0 Å². The van der Waals surface area contributed by atoms with Gasteiger partial charge < -0.3 is 14.2 Å². The molecule has 0 saturated heterocycles. The van der Waals surface area contributed by atoms with Crippen LogP contribution in [0, 0.1) is 0 Å². The van der Waals surface area contributed by atoms with Crippen LogP contribution in [0.5, 0.6) is 0 Å². The van der Waals surface area contributed by atoms with Crippen LogP contribution in [0.15, 0.2) is 122 Å². The number of hydrogen-bond acceptors (Lipinski definition) is 6. The van der Waals surface area contributed by atoms with Crippen molar-refractivity contribution in [1.29, 1.82) is 0 Å². The van der Waals surface area contributed by atoms with Gasteiger partial charge in [0.1, 0.15) is 13.2 Å². The van der Waals surface area contributed by atoms with Crippen molar-refractivity contribution in [2.45, 2.75) is 297 Å². The minimum absolute atomic E-state index is 0.115. The fourth-order valence-electron chi connectivity index (χ4n) is 8.71. The summed E-state index contributed by atoms with van der Waals surface area (Å²) in [6.07, 6.45) is 89.4. The Balaban J connectivity index is 4.43. The molecule has 0 fully saturated rings. The van der Waals surface area contributed by atoms with Gasteiger partial charge in [0.05, 0.1) is 0 Å². The molecule has 0 saturated carbocycles. The molecule has 0 aromatic carbocycles. The Morgan fingerprint density at radius 2 is 0.532 bits per heavy atom. The average molecular weight is 1070 g/mol. The lowest BCUT2D eigenvalue weighted by Gasteiger charge is -2.18. The number of allylic oxidation sites excluding steroid dienone is 20. The molecule has 0 N–H and O–H groups in total. The van der Waals surface area contributed by atoms with E-state index in [-0.39, 0.29) is 31.6 Å². The molecule has 6 heteroatoms. The lowest BCUT2D eigenvalue weighted by atomic mass is 10.0. The van der Waals surface area contributed by atoms with E-state index in [1.54, 1.807) is 0 Å². The Morgan fingerprint density at radius 1 is 0.273 bits per heavy atom. The second-order valence-corrected chi connectivity index (χ2v) is 20.9. The van der Waals surface area contributed by atoms with E-state index in [4.69, 9.17) is 14.2 Å². The molecule has 0 spiro atoms. The summed E-state index contributed by atoms with van der Waals surface area (Å²) in [5.41, 5.74) is 0. The summed E-state index contributed by atoms with van der Waals surface area (Å²) < 4.78 is 16.8. The van der Waals surface area contributed by atoms with Gasteiger partial charge in [-0.05, 0) is 116 Å². The molecule has 0 rings (SSSR count). The topological polar surface area (TPSA) is 78.9 Å². The Hall–Kier alpha value is -4.19. The third-order valence-corrected chi connectivity index (χ3v) is 13.4. The van der Waals surface area contributed by atoms with Gasteiger partial charge in [-0.1, -0.05) is 277 Å². The standard InChI is InChI=1S/C71H118O6/c1-4-7-10-13-16-19-22-25-28-30-32-33-34-35-36-37-39-40-43-46-49-52-55-58-61-64-70(73)76-67-68(66-75-69(72)63-60-57-54-51-48-45-42-27-24-21-18-15-12-9-6-3)77-71(74)65-62-59-56-53-50-47-44-41-38-31-29-26-23-20-17-14-11-8-5-2/h8-9,11-12,17-18,20-21,26-27,29-30,32,38,41-42,47,50,56,59,68H,4-7,10,13-16,19,22-25,28,31,33-37,39-40,43-46,48-49,51-55,57-58,60-67H2,1-3H3/b11-8-,12-9-,20-17-,21-18-,29-26-,32-30-,41-38-,42-27-,50-47-,59-56-. The van der Waals surface area contributed by atoms with Crippen molar-refractivity contribution in [3.8, 4) is 0 Å². The van der Waals surface area contributed by atoms with Gasteiger partial charge in [0.15, 0.2) is 6.10 Å². The molecule has 0 aliphatic rings. The summed E-state index contributed by atoms with van der Waals surface area (Å²) in [6, 6.07) is 0. The molecule has 0 radical (unpaired) electrons. The molecular weight excluding hydrogens is 949 g/mol. The number of esters is 3. The first kappa shape index (κ1) is 72.8. The van der Waals surface area contributed by atoms with Gasteiger partial charge >= 0.3 is 17.9 Å². The minimum atomic E-state index is -0.830. The molecule has 77 heavy (non-hydrogen) atoms. The van der Waals surface area contributed by atoms with E-state index in [2.05, 4.69) is 136 Å². The van der Waals surface area contributed by atoms with E-state index in [1.165, 1.54) is 128 Å². The van der Waals surface area contributed by atoms with Crippen LogP contribution in [0.2, 0.25) is 0 Å². The summed E-state index contributed by atoms with van der Waals surface area (Å²) in [4.78, 5) is 38.3. The maximum Gasteiger partial charge on any atom is 0.306 e. The number of ether oxygens (including phenoxy) is 3. The van der Waals surface area contributed by atoms with E-state index in [0.29, 0.717) is 19.3 Å². The van der Waals surface area contributed by atoms with Gasteiger partial charge in [-0.2, -0.15) is 0 Å². The largest absolute Gasteiger partial charge is 0.462 e. The van der Waals surface area contributed by atoms with Crippen molar-refractivity contribution in [2.75, 3.05) is 13.2 Å². The summed E-state index contributed by atoms with van der Waals surface area (Å²) >= 11 is 0. The zero-order valence-electron chi connectivity index (χ0n) is 50.2. The van der Waals surface area contributed by atoms with Crippen molar-refractivity contribution < 1.29 is 28.6 Å². The van der Waals surface area contributed by atoms with Gasteiger partial charge in [0, 0.05) is 19.3 Å². The van der Waals surface area contributed by atoms with Gasteiger partial charge in [-0.3, -0.25) is 14.4 Å². The summed E-state index contributed by atoms with van der Waals surface area (Å²) in [7, 11) is 0. The lowest BCUT2D eigenvalue weighted by molar-refractivity contribution is -0.166. The number of carbonyl (C=O) groups is 3. The quantitative estimate of drug-likeness (QED) is 0.0261. The molecule has 0 heterocycles. The van der Waals surface area contributed by atoms with E-state index in [0.717, 1.165) is 116 Å². The zero-order chi connectivity index (χ0) is 55.7. The molecule has 0 aromatic heterocycles. The lowest BCUT2D eigenvalue weighted by Crippen LogP contribution is -2.30. The van der Waals surface area contributed by atoms with Gasteiger partial charge in [-0.25, -0.2) is 0 Å². The van der Waals surface area contributed by atoms with Crippen molar-refractivity contribution in [1.82, 2.24) is 0 Å². The number of hydrogen-bond donors (Lipinski definition) is 0. The minimum Gasteiger partial charge on any atom is -0.462 e. The molecule has 0 aliphatic heterocycles. The van der Waals surface area contributed by atoms with Crippen LogP contribution in [-0.4, -0.2) is 37.2 Å². The molecule has 0 aromatic rings. The molecule has 1 atom stereocenters. The van der Waals surface area contributed by atoms with Crippen LogP contribution < -0.4 is 0 Å². The Morgan fingerprint density at radius 3 is 0.857 bits per heavy atom. The number of unbranched alkanes of at least 4 members (excludes halogenated alkanes) is 26. The molecule has 1 unspecified atom stereocenters. The molecule has 0 amide bonds. The highest BCUT2D eigenvalue weighted by molar-refractivity contribution is 5.71. The second kappa shape index (κ2) is 64.3. The van der Waals surface area contributed by atoms with Crippen molar-refractivity contribution in [3.05, 3.63) is 122 Å². The summed E-state index contributed by atoms with van der Waals surface area (Å²) in [5, 5.41) is 0. The van der Waals surface area contributed by atoms with Crippen LogP contribution in [0.3, 0.4) is 0 Å². The Bertz CT molecular complexity index is 1600. The highest BCUT2D eigenvalue weighted by Crippen LogP contribution is 2.16. The summed E-state index contributed by atoms with van der Waals surface area (Å²) in [6.45, 7) is 6.35. The first-order chi connectivity index (χ1) is 38.0. The van der Waals surface area contributed by atoms with Gasteiger partial charge in [-0.15, -0.1) is 0 Å². The van der Waals surface area contributed by atoms with E-state index in [1.807, 2.05) is 6.08 Å². The van der Waals surface area contributed by atoms with Crippen LogP contribution in [0.1, 0.15) is 290 Å². The maximum atomic E-state index is 12.9. The molecule has 0 bridgehead atoms. The van der Waals surface area contributed by atoms with Crippen LogP contribution >= 0.6 is 0 Å². The maximum absolute atomic E-state index is 12.9. The van der Waals surface area contributed by atoms with Gasteiger partial charge in [0.25, 0.3) is 0 Å². The van der Waals surface area contributed by atoms with Crippen LogP contribution in [0.25, 0.3) is 0 Å². The molecule has 438 valence electrons. The first-order valence-corrected chi connectivity index (χ1v) is 32.0. The molecule has 6 nitrogen and oxygen atoms in total. The van der Waals surface area contributed by atoms with Crippen LogP contribution in [0.4, 0.5) is 0 Å². The average Bonchev–Trinajstić information content (AvgIpc) is 3.43. The van der Waals surface area contributed by atoms with Crippen molar-refractivity contribution in [3.63, 3.8) is 0 Å². The number of carbonyl (C=O) groups excluding carboxylic acids is 3. The normalized spacial score (nSPS) is 12.9. The van der Waals surface area contributed by atoms with E-state index < -0.39 is 12.1 Å². The third kappa shape index (κ3) is 62.5. The second-order valence-electron chi connectivity index (χ2n) is 20.9. The van der Waals surface area contributed by atoms with Crippen molar-refractivity contribution >= 4 is 17.9 Å². The van der Waals surface area contributed by atoms with E-state index in [9.17, 15) is 14.4 Å². The molecular formula is C71H118O6. The predicted octanol–water partition coefficient (Wildman–Crippen LogP) is 22.0. The smallest absolute Gasteiger partial charge is 0.306 e. The molecule has 0 aliphatic carbocycles. The first-order valence-electron chi connectivity index (χ1n) is 32.0. The summed E-state index contributed by atoms with van der Waals surface area (Å²) in [5.74, 6) is -1.01. The fraction of sp³-hybridized carbons (Fsp3) is 0.676. The highest BCUT2D eigenvalue weighted by Gasteiger charge is 2.19. The number of rotatable bonds is 57. The van der Waals surface area contributed by atoms with Crippen LogP contribution in [-0.2, 0) is 28.6 Å². The fourth-order valence-corrected chi connectivity index (χ4v) is 8.71. The van der Waals surface area contributed by atoms with E-state index >= 15 is 0 Å². The SMILES string of the molecule is CC/C=C\C/C=C\C/C=C\C/C=C\C/C=C\C/C=C\CCC(=O)OC(COC(=O)CCCCCCC/C=C\C/C=C\C/C=C\CC)COC(=O)CCCCCCCCCCCCCCC/C=C\CCCCCCCCCC. The van der Waals surface area contributed by atoms with Gasteiger partial charge in [0.2, 0.25) is 0 Å². The monoisotopic (exact) mass is 1070 g/mol.